The van der Waals surface area contributed by atoms with E-state index >= 15 is 0 Å². The summed E-state index contributed by atoms with van der Waals surface area (Å²) in [5, 5.41) is 12.0. The lowest BCUT2D eigenvalue weighted by Crippen LogP contribution is -2.22. The average molecular weight is 245 g/mol. The number of anilines is 3. The molecule has 0 spiro atoms. The molecule has 94 valence electrons. The molecule has 0 aromatic carbocycles. The van der Waals surface area contributed by atoms with Gasteiger partial charge in [0, 0.05) is 25.9 Å². The zero-order valence-corrected chi connectivity index (χ0v) is 10.1. The maximum atomic E-state index is 8.89. The topological polar surface area (TPSA) is 74.2 Å². The molecule has 0 bridgehead atoms. The molecule has 0 aliphatic rings. The average Bonchev–Trinajstić information content (AvgIpc) is 2.40. The van der Waals surface area contributed by atoms with E-state index in [0.717, 1.165) is 11.6 Å². The fraction of sp³-hybridized carbons (Fsp3) is 0.250. The number of pyridine rings is 1. The lowest BCUT2D eigenvalue weighted by atomic mass is 10.4. The highest BCUT2D eigenvalue weighted by Gasteiger charge is 2.04. The number of rotatable bonds is 5. The quantitative estimate of drug-likeness (QED) is 0.820. The lowest BCUT2D eigenvalue weighted by Gasteiger charge is -2.16. The van der Waals surface area contributed by atoms with E-state index in [1.807, 2.05) is 36.2 Å². The third kappa shape index (κ3) is 3.14. The van der Waals surface area contributed by atoms with Crippen molar-refractivity contribution in [2.75, 3.05) is 30.4 Å². The zero-order valence-electron chi connectivity index (χ0n) is 10.1. The Kier molecular flexibility index (Phi) is 4.03. The minimum absolute atomic E-state index is 0.0868. The monoisotopic (exact) mass is 245 g/mol. The number of aliphatic hydroxyl groups excluding tert-OH is 1. The smallest absolute Gasteiger partial charge is 0.137 e. The van der Waals surface area contributed by atoms with Crippen molar-refractivity contribution >= 4 is 17.5 Å². The van der Waals surface area contributed by atoms with Gasteiger partial charge >= 0.3 is 0 Å². The van der Waals surface area contributed by atoms with E-state index in [4.69, 9.17) is 5.11 Å². The molecule has 0 unspecified atom stereocenters. The fourth-order valence-electron chi connectivity index (χ4n) is 1.46. The second-order valence-corrected chi connectivity index (χ2v) is 3.75. The molecule has 0 aliphatic heterocycles. The molecule has 6 nitrogen and oxygen atoms in total. The van der Waals surface area contributed by atoms with Crippen molar-refractivity contribution in [3.63, 3.8) is 0 Å². The van der Waals surface area contributed by atoms with Crippen LogP contribution in [0.5, 0.6) is 0 Å². The van der Waals surface area contributed by atoms with Gasteiger partial charge in [-0.2, -0.15) is 0 Å². The molecule has 0 fully saturated rings. The van der Waals surface area contributed by atoms with Crippen molar-refractivity contribution < 1.29 is 5.11 Å². The van der Waals surface area contributed by atoms with Gasteiger partial charge in [-0.05, 0) is 12.1 Å². The zero-order chi connectivity index (χ0) is 12.8. The van der Waals surface area contributed by atoms with Gasteiger partial charge in [-0.1, -0.05) is 6.07 Å². The number of nitrogens with zero attached hydrogens (tertiary/aromatic N) is 4. The Morgan fingerprint density at radius 3 is 2.83 bits per heavy atom. The summed E-state index contributed by atoms with van der Waals surface area (Å²) in [7, 11) is 1.86. The molecule has 6 heteroatoms. The molecule has 2 heterocycles. The van der Waals surface area contributed by atoms with Crippen LogP contribution < -0.4 is 10.2 Å². The fourth-order valence-corrected chi connectivity index (χ4v) is 1.46. The van der Waals surface area contributed by atoms with Crippen LogP contribution in [0.1, 0.15) is 0 Å². The van der Waals surface area contributed by atoms with Crippen LogP contribution in [-0.2, 0) is 0 Å². The van der Waals surface area contributed by atoms with E-state index in [0.29, 0.717) is 12.4 Å². The maximum Gasteiger partial charge on any atom is 0.137 e. The molecule has 2 N–H and O–H groups in total. The Morgan fingerprint density at radius 2 is 2.11 bits per heavy atom. The number of hydrogen-bond donors (Lipinski definition) is 2. The molecule has 2 aromatic heterocycles. The standard InChI is InChI=1S/C12H15N5O/c1-17(6-7-18)12-8-11(14-9-15-12)16-10-4-2-3-5-13-10/h2-5,8-9,18H,6-7H2,1H3,(H,13,14,15,16). The summed E-state index contributed by atoms with van der Waals surface area (Å²) in [5.74, 6) is 2.15. The molecule has 2 rings (SSSR count). The van der Waals surface area contributed by atoms with Gasteiger partial charge in [0.15, 0.2) is 0 Å². The van der Waals surface area contributed by atoms with Gasteiger partial charge in [0.05, 0.1) is 6.61 Å². The number of nitrogens with one attached hydrogen (secondary N) is 1. The molecule has 0 saturated heterocycles. The van der Waals surface area contributed by atoms with Gasteiger partial charge in [0.25, 0.3) is 0 Å². The van der Waals surface area contributed by atoms with Crippen LogP contribution in [0.4, 0.5) is 17.5 Å². The number of aromatic nitrogens is 3. The second-order valence-electron chi connectivity index (χ2n) is 3.75. The molecule has 0 saturated carbocycles. The van der Waals surface area contributed by atoms with Gasteiger partial charge in [-0.15, -0.1) is 0 Å². The first-order chi connectivity index (χ1) is 8.79. The Morgan fingerprint density at radius 1 is 1.22 bits per heavy atom. The molecule has 0 aliphatic carbocycles. The van der Waals surface area contributed by atoms with Gasteiger partial charge in [0.1, 0.15) is 23.8 Å². The summed E-state index contributed by atoms with van der Waals surface area (Å²) in [6, 6.07) is 7.42. The van der Waals surface area contributed by atoms with Crippen molar-refractivity contribution in [3.8, 4) is 0 Å². The highest BCUT2D eigenvalue weighted by molar-refractivity contribution is 5.55. The summed E-state index contributed by atoms with van der Waals surface area (Å²) in [6.45, 7) is 0.615. The van der Waals surface area contributed by atoms with E-state index in [1.165, 1.54) is 6.33 Å². The van der Waals surface area contributed by atoms with E-state index in [2.05, 4.69) is 20.3 Å². The summed E-state index contributed by atoms with van der Waals surface area (Å²) in [5.41, 5.74) is 0. The predicted molar refractivity (Wildman–Crippen MR) is 69.9 cm³/mol. The summed E-state index contributed by atoms with van der Waals surface area (Å²) < 4.78 is 0. The summed E-state index contributed by atoms with van der Waals surface area (Å²) in [6.07, 6.45) is 3.19. The van der Waals surface area contributed by atoms with Gasteiger partial charge in [0.2, 0.25) is 0 Å². The molecule has 0 amide bonds. The molecular formula is C12H15N5O. The van der Waals surface area contributed by atoms with Gasteiger partial charge in [-0.3, -0.25) is 0 Å². The van der Waals surface area contributed by atoms with Crippen molar-refractivity contribution in [1.29, 1.82) is 0 Å². The Bertz CT molecular complexity index is 491. The van der Waals surface area contributed by atoms with E-state index < -0.39 is 0 Å². The third-order valence-electron chi connectivity index (χ3n) is 2.40. The predicted octanol–water partition coefficient (Wildman–Crippen LogP) is 1.04. The summed E-state index contributed by atoms with van der Waals surface area (Å²) in [4.78, 5) is 14.3. The van der Waals surface area contributed by atoms with E-state index in [-0.39, 0.29) is 6.61 Å². The van der Waals surface area contributed by atoms with Crippen molar-refractivity contribution in [2.24, 2.45) is 0 Å². The second kappa shape index (κ2) is 5.92. The molecule has 2 aromatic rings. The Balaban J connectivity index is 2.12. The third-order valence-corrected chi connectivity index (χ3v) is 2.40. The van der Waals surface area contributed by atoms with Gasteiger partial charge < -0.3 is 15.3 Å². The lowest BCUT2D eigenvalue weighted by molar-refractivity contribution is 0.304. The van der Waals surface area contributed by atoms with Crippen LogP contribution in [0.2, 0.25) is 0 Å². The minimum atomic E-state index is 0.0868. The summed E-state index contributed by atoms with van der Waals surface area (Å²) >= 11 is 0. The first-order valence-electron chi connectivity index (χ1n) is 5.61. The SMILES string of the molecule is CN(CCO)c1cc(Nc2ccccn2)ncn1. The Labute approximate surface area is 105 Å². The first kappa shape index (κ1) is 12.3. The van der Waals surface area contributed by atoms with E-state index in [1.54, 1.807) is 6.20 Å². The van der Waals surface area contributed by atoms with E-state index in [9.17, 15) is 0 Å². The van der Waals surface area contributed by atoms with Crippen LogP contribution in [-0.4, -0.2) is 40.3 Å². The van der Waals surface area contributed by atoms with Crippen LogP contribution in [0.25, 0.3) is 0 Å². The Hall–Kier alpha value is -2.21. The largest absolute Gasteiger partial charge is 0.395 e. The number of aliphatic hydroxyl groups is 1. The molecule has 0 atom stereocenters. The van der Waals surface area contributed by atoms with Crippen LogP contribution >= 0.6 is 0 Å². The highest BCUT2D eigenvalue weighted by Crippen LogP contribution is 2.15. The van der Waals surface area contributed by atoms with Crippen molar-refractivity contribution in [1.82, 2.24) is 15.0 Å². The van der Waals surface area contributed by atoms with Crippen LogP contribution in [0, 0.1) is 0 Å². The minimum Gasteiger partial charge on any atom is -0.395 e. The molecular weight excluding hydrogens is 230 g/mol. The first-order valence-corrected chi connectivity index (χ1v) is 5.61. The molecule has 18 heavy (non-hydrogen) atoms. The normalized spacial score (nSPS) is 10.1. The highest BCUT2D eigenvalue weighted by atomic mass is 16.3. The van der Waals surface area contributed by atoms with Crippen molar-refractivity contribution in [3.05, 3.63) is 36.8 Å². The maximum absolute atomic E-state index is 8.89. The number of likely N-dealkylation sites (N-methyl/N-ethyl adjacent to an activating group) is 1. The molecule has 0 radical (unpaired) electrons. The van der Waals surface area contributed by atoms with Gasteiger partial charge in [-0.25, -0.2) is 15.0 Å². The number of hydrogen-bond acceptors (Lipinski definition) is 6. The van der Waals surface area contributed by atoms with Crippen LogP contribution in [0.15, 0.2) is 36.8 Å². The van der Waals surface area contributed by atoms with Crippen LogP contribution in [0.3, 0.4) is 0 Å². The van der Waals surface area contributed by atoms with Crippen molar-refractivity contribution in [2.45, 2.75) is 0 Å².